The van der Waals surface area contributed by atoms with Crippen LogP contribution in [-0.2, 0) is 11.3 Å². The molecule has 1 aliphatic rings. The summed E-state index contributed by atoms with van der Waals surface area (Å²) in [7, 11) is 0. The molecule has 1 aromatic rings. The van der Waals surface area contributed by atoms with Crippen LogP contribution in [-0.4, -0.2) is 11.5 Å². The summed E-state index contributed by atoms with van der Waals surface area (Å²) < 4.78 is 6.15. The lowest BCUT2D eigenvalue weighted by Gasteiger charge is -2.09. The van der Waals surface area contributed by atoms with Crippen LogP contribution in [0.3, 0.4) is 0 Å². The van der Waals surface area contributed by atoms with Gasteiger partial charge in [0.1, 0.15) is 0 Å². The first kappa shape index (κ1) is 13.5. The zero-order chi connectivity index (χ0) is 13.0. The zero-order valence-corrected chi connectivity index (χ0v) is 11.7. The smallest absolute Gasteiger partial charge is 0.283 e. The van der Waals surface area contributed by atoms with E-state index in [4.69, 9.17) is 4.74 Å². The van der Waals surface area contributed by atoms with Crippen molar-refractivity contribution in [2.75, 3.05) is 6.61 Å². The third kappa shape index (κ3) is 3.53. The quantitative estimate of drug-likeness (QED) is 0.608. The number of ether oxygens (including phenoxy) is 1. The molecule has 0 atom stereocenters. The highest BCUT2D eigenvalue weighted by atomic mass is 79.9. The van der Waals surface area contributed by atoms with Gasteiger partial charge in [0.2, 0.25) is 0 Å². The minimum absolute atomic E-state index is 0.0944. The van der Waals surface area contributed by atoms with E-state index in [1.165, 1.54) is 25.7 Å². The average Bonchev–Trinajstić information content (AvgIpc) is 2.84. The van der Waals surface area contributed by atoms with Gasteiger partial charge in [0.05, 0.1) is 16.0 Å². The molecule has 4 nitrogen and oxygen atoms in total. The summed E-state index contributed by atoms with van der Waals surface area (Å²) in [5.74, 6) is 0.676. The van der Waals surface area contributed by atoms with Gasteiger partial charge in [-0.3, -0.25) is 10.1 Å². The van der Waals surface area contributed by atoms with E-state index in [9.17, 15) is 10.1 Å². The molecule has 0 heterocycles. The fourth-order valence-corrected chi connectivity index (χ4v) is 2.70. The third-order valence-electron chi connectivity index (χ3n) is 3.30. The van der Waals surface area contributed by atoms with E-state index >= 15 is 0 Å². The summed E-state index contributed by atoms with van der Waals surface area (Å²) in [4.78, 5) is 10.4. The fourth-order valence-electron chi connectivity index (χ4n) is 2.31. The van der Waals surface area contributed by atoms with Gasteiger partial charge in [0, 0.05) is 12.7 Å². The average molecular weight is 314 g/mol. The lowest BCUT2D eigenvalue weighted by molar-refractivity contribution is -0.385. The molecule has 0 saturated heterocycles. The molecule has 0 radical (unpaired) electrons. The molecule has 5 heteroatoms. The minimum Gasteiger partial charge on any atom is -0.376 e. The number of nitro groups is 1. The van der Waals surface area contributed by atoms with Gasteiger partial charge < -0.3 is 4.74 Å². The van der Waals surface area contributed by atoms with E-state index in [2.05, 4.69) is 15.9 Å². The minimum atomic E-state index is -0.384. The Morgan fingerprint density at radius 3 is 2.78 bits per heavy atom. The second-order valence-electron chi connectivity index (χ2n) is 4.71. The lowest BCUT2D eigenvalue weighted by atomic mass is 10.1. The monoisotopic (exact) mass is 313 g/mol. The summed E-state index contributed by atoms with van der Waals surface area (Å²) in [6, 6.07) is 5.12. The van der Waals surface area contributed by atoms with Crippen molar-refractivity contribution in [2.24, 2.45) is 5.92 Å². The Hall–Kier alpha value is -0.940. The van der Waals surface area contributed by atoms with Crippen molar-refractivity contribution in [1.82, 2.24) is 0 Å². The molecule has 0 spiro atoms. The molecular weight excluding hydrogens is 298 g/mol. The van der Waals surface area contributed by atoms with Gasteiger partial charge >= 0.3 is 0 Å². The van der Waals surface area contributed by atoms with Crippen LogP contribution in [0, 0.1) is 16.0 Å². The van der Waals surface area contributed by atoms with E-state index < -0.39 is 0 Å². The van der Waals surface area contributed by atoms with Crippen LogP contribution in [0.5, 0.6) is 0 Å². The Labute approximate surface area is 115 Å². The molecule has 0 unspecified atom stereocenters. The first-order valence-electron chi connectivity index (χ1n) is 6.17. The maximum Gasteiger partial charge on any atom is 0.283 e. The van der Waals surface area contributed by atoms with Gasteiger partial charge in [0.25, 0.3) is 5.69 Å². The predicted octanol–water partition coefficient (Wildman–Crippen LogP) is 4.06. The van der Waals surface area contributed by atoms with Gasteiger partial charge in [-0.2, -0.15) is 0 Å². The highest BCUT2D eigenvalue weighted by molar-refractivity contribution is 9.10. The molecule has 0 bridgehead atoms. The number of nitro benzene ring substituents is 1. The van der Waals surface area contributed by atoms with Crippen LogP contribution in [0.4, 0.5) is 5.69 Å². The van der Waals surface area contributed by atoms with Crippen LogP contribution in [0.2, 0.25) is 0 Å². The summed E-state index contributed by atoms with van der Waals surface area (Å²) in [5, 5.41) is 10.8. The van der Waals surface area contributed by atoms with E-state index in [1.807, 2.05) is 6.07 Å². The fraction of sp³-hybridized carbons (Fsp3) is 0.538. The van der Waals surface area contributed by atoms with Crippen molar-refractivity contribution in [3.8, 4) is 0 Å². The number of hydrogen-bond acceptors (Lipinski definition) is 3. The summed E-state index contributed by atoms with van der Waals surface area (Å²) >= 11 is 3.17. The molecular formula is C13H16BrNO3. The van der Waals surface area contributed by atoms with E-state index in [1.54, 1.807) is 12.1 Å². The van der Waals surface area contributed by atoms with Crippen LogP contribution in [0.25, 0.3) is 0 Å². The van der Waals surface area contributed by atoms with Gasteiger partial charge in [0.15, 0.2) is 0 Å². The van der Waals surface area contributed by atoms with Crippen molar-refractivity contribution in [3.05, 3.63) is 38.3 Å². The van der Waals surface area contributed by atoms with Crippen molar-refractivity contribution in [1.29, 1.82) is 0 Å². The molecule has 0 N–H and O–H groups in total. The molecule has 1 fully saturated rings. The standard InChI is InChI=1S/C13H16BrNO3/c14-12-6-5-11(7-13(12)15(16)17)9-18-8-10-3-1-2-4-10/h5-7,10H,1-4,8-9H2. The maximum absolute atomic E-state index is 10.8. The molecule has 0 aliphatic heterocycles. The van der Waals surface area contributed by atoms with Crippen molar-refractivity contribution in [3.63, 3.8) is 0 Å². The molecule has 0 amide bonds. The largest absolute Gasteiger partial charge is 0.376 e. The van der Waals surface area contributed by atoms with Crippen molar-refractivity contribution >= 4 is 21.6 Å². The molecule has 2 rings (SSSR count). The molecule has 0 aromatic heterocycles. The molecule has 1 aliphatic carbocycles. The van der Waals surface area contributed by atoms with Gasteiger partial charge in [-0.1, -0.05) is 18.9 Å². The summed E-state index contributed by atoms with van der Waals surface area (Å²) in [5.41, 5.74) is 0.944. The number of hydrogen-bond donors (Lipinski definition) is 0. The van der Waals surface area contributed by atoms with E-state index in [0.717, 1.165) is 12.2 Å². The topological polar surface area (TPSA) is 52.4 Å². The first-order valence-corrected chi connectivity index (χ1v) is 6.96. The molecule has 1 saturated carbocycles. The second-order valence-corrected chi connectivity index (χ2v) is 5.56. The number of rotatable bonds is 5. The summed E-state index contributed by atoms with van der Waals surface area (Å²) in [6.07, 6.45) is 5.11. The maximum atomic E-state index is 10.8. The lowest BCUT2D eigenvalue weighted by Crippen LogP contribution is -2.05. The van der Waals surface area contributed by atoms with E-state index in [-0.39, 0.29) is 10.6 Å². The molecule has 1 aromatic carbocycles. The normalized spacial score (nSPS) is 16.1. The van der Waals surface area contributed by atoms with Crippen molar-refractivity contribution in [2.45, 2.75) is 32.3 Å². The number of halogens is 1. The summed E-state index contributed by atoms with van der Waals surface area (Å²) in [6.45, 7) is 1.22. The Kier molecular flexibility index (Phi) is 4.72. The van der Waals surface area contributed by atoms with Gasteiger partial charge in [-0.25, -0.2) is 0 Å². The Balaban J connectivity index is 1.88. The Bertz CT molecular complexity index is 430. The SMILES string of the molecule is O=[N+]([O-])c1cc(COCC2CCCC2)ccc1Br. The highest BCUT2D eigenvalue weighted by Crippen LogP contribution is 2.27. The number of benzene rings is 1. The predicted molar refractivity (Wildman–Crippen MR) is 72.4 cm³/mol. The van der Waals surface area contributed by atoms with Crippen molar-refractivity contribution < 1.29 is 9.66 Å². The number of nitrogens with zero attached hydrogens (tertiary/aromatic N) is 1. The van der Waals surface area contributed by atoms with E-state index in [0.29, 0.717) is 17.0 Å². The second kappa shape index (κ2) is 6.29. The third-order valence-corrected chi connectivity index (χ3v) is 3.97. The Morgan fingerprint density at radius 1 is 1.39 bits per heavy atom. The first-order chi connectivity index (χ1) is 8.66. The molecule has 18 heavy (non-hydrogen) atoms. The van der Waals surface area contributed by atoms with Crippen LogP contribution < -0.4 is 0 Å². The Morgan fingerprint density at radius 2 is 2.11 bits per heavy atom. The van der Waals surface area contributed by atoms with Crippen LogP contribution in [0.15, 0.2) is 22.7 Å². The highest BCUT2D eigenvalue weighted by Gasteiger charge is 2.16. The molecule has 98 valence electrons. The van der Waals surface area contributed by atoms with Gasteiger partial charge in [-0.05, 0) is 46.3 Å². The van der Waals surface area contributed by atoms with Gasteiger partial charge in [-0.15, -0.1) is 0 Å². The van der Waals surface area contributed by atoms with Crippen LogP contribution >= 0.6 is 15.9 Å². The van der Waals surface area contributed by atoms with Crippen LogP contribution in [0.1, 0.15) is 31.2 Å². The zero-order valence-electron chi connectivity index (χ0n) is 10.1.